The molecule has 0 fully saturated rings. The van der Waals surface area contributed by atoms with Crippen molar-refractivity contribution >= 4 is 34.7 Å². The van der Waals surface area contributed by atoms with Crippen molar-refractivity contribution in [2.24, 2.45) is 5.10 Å². The summed E-state index contributed by atoms with van der Waals surface area (Å²) in [5, 5.41) is 7.39. The zero-order valence-electron chi connectivity index (χ0n) is 10.7. The molecule has 0 spiro atoms. The first kappa shape index (κ1) is 12.7. The molecule has 0 saturated carbocycles. The second kappa shape index (κ2) is 5.02. The normalized spacial score (nSPS) is 16.9. The zero-order chi connectivity index (χ0) is 14.1. The van der Waals surface area contributed by atoms with E-state index in [2.05, 4.69) is 5.10 Å². The van der Waals surface area contributed by atoms with Crippen molar-refractivity contribution in [3.63, 3.8) is 0 Å². The van der Waals surface area contributed by atoms with Crippen LogP contribution in [0.2, 0.25) is 0 Å². The highest BCUT2D eigenvalue weighted by atomic mass is 32.1. The first-order valence-corrected chi connectivity index (χ1v) is 6.94. The Morgan fingerprint density at radius 3 is 2.85 bits per heavy atom. The van der Waals surface area contributed by atoms with Crippen molar-refractivity contribution in [2.45, 2.75) is 6.92 Å². The quantitative estimate of drug-likeness (QED) is 0.775. The summed E-state index contributed by atoms with van der Waals surface area (Å²) in [6.07, 6.45) is 1.81. The number of carbonyl (C=O) groups is 1. The minimum atomic E-state index is -0.390. The Balaban J connectivity index is 1.97. The third kappa shape index (κ3) is 2.28. The molecule has 20 heavy (non-hydrogen) atoms. The molecule has 5 heteroatoms. The Hall–Kier alpha value is -2.27. The van der Waals surface area contributed by atoms with Crippen molar-refractivity contribution in [1.29, 1.82) is 0 Å². The summed E-state index contributed by atoms with van der Waals surface area (Å²) in [7, 11) is 0. The van der Waals surface area contributed by atoms with Gasteiger partial charge in [-0.2, -0.15) is 10.1 Å². The zero-order valence-corrected chi connectivity index (χ0v) is 11.5. The molecule has 100 valence electrons. The molecule has 1 aromatic carbocycles. The molecule has 0 aliphatic carbocycles. The summed E-state index contributed by atoms with van der Waals surface area (Å²) in [6, 6.07) is 9.71. The van der Waals surface area contributed by atoms with Gasteiger partial charge in [-0.3, -0.25) is 4.79 Å². The van der Waals surface area contributed by atoms with Crippen LogP contribution < -0.4 is 5.01 Å². The molecule has 0 radical (unpaired) electrons. The van der Waals surface area contributed by atoms with Crippen LogP contribution in [0.3, 0.4) is 0 Å². The Morgan fingerprint density at radius 2 is 2.15 bits per heavy atom. The van der Waals surface area contributed by atoms with Gasteiger partial charge < -0.3 is 0 Å². The number of thiophene rings is 1. The molecule has 0 unspecified atom stereocenters. The number of hydrogen-bond donors (Lipinski definition) is 0. The highest BCUT2D eigenvalue weighted by Crippen LogP contribution is 2.26. The van der Waals surface area contributed by atoms with Gasteiger partial charge in [0.1, 0.15) is 5.82 Å². The number of amides is 1. The summed E-state index contributed by atoms with van der Waals surface area (Å²) in [5.74, 6) is -0.625. The van der Waals surface area contributed by atoms with Gasteiger partial charge in [-0.25, -0.2) is 4.39 Å². The molecule has 2 aromatic rings. The maximum absolute atomic E-state index is 13.2. The second-order valence-corrected chi connectivity index (χ2v) is 5.33. The SMILES string of the molecule is CC1=NN(c2cccc(F)c2)C(=O)/C1=C/c1cccs1. The molecule has 3 rings (SSSR count). The maximum Gasteiger partial charge on any atom is 0.280 e. The second-order valence-electron chi connectivity index (χ2n) is 4.36. The van der Waals surface area contributed by atoms with Crippen LogP contribution >= 0.6 is 11.3 Å². The average Bonchev–Trinajstić information content (AvgIpc) is 3.02. The number of rotatable bonds is 2. The van der Waals surface area contributed by atoms with Gasteiger partial charge >= 0.3 is 0 Å². The molecular formula is C15H11FN2OS. The lowest BCUT2D eigenvalue weighted by molar-refractivity contribution is -0.114. The lowest BCUT2D eigenvalue weighted by atomic mass is 10.1. The maximum atomic E-state index is 13.2. The first-order chi connectivity index (χ1) is 9.65. The van der Waals surface area contributed by atoms with E-state index >= 15 is 0 Å². The smallest absolute Gasteiger partial charge is 0.267 e. The fourth-order valence-corrected chi connectivity index (χ4v) is 2.64. The predicted octanol–water partition coefficient (Wildman–Crippen LogP) is 3.69. The molecular weight excluding hydrogens is 275 g/mol. The predicted molar refractivity (Wildman–Crippen MR) is 79.3 cm³/mol. The number of nitrogens with zero attached hydrogens (tertiary/aromatic N) is 2. The topological polar surface area (TPSA) is 32.7 Å². The lowest BCUT2D eigenvalue weighted by Crippen LogP contribution is -2.21. The third-order valence-electron chi connectivity index (χ3n) is 2.95. The van der Waals surface area contributed by atoms with Crippen molar-refractivity contribution in [3.8, 4) is 0 Å². The van der Waals surface area contributed by atoms with Crippen LogP contribution in [-0.4, -0.2) is 11.6 Å². The van der Waals surface area contributed by atoms with Crippen LogP contribution in [-0.2, 0) is 4.79 Å². The van der Waals surface area contributed by atoms with E-state index in [1.54, 1.807) is 30.4 Å². The van der Waals surface area contributed by atoms with Gasteiger partial charge in [0.15, 0.2) is 0 Å². The van der Waals surface area contributed by atoms with E-state index in [4.69, 9.17) is 0 Å². The molecule has 1 aliphatic rings. The van der Waals surface area contributed by atoms with Crippen molar-refractivity contribution in [2.75, 3.05) is 5.01 Å². The highest BCUT2D eigenvalue weighted by Gasteiger charge is 2.28. The van der Waals surface area contributed by atoms with Crippen LogP contribution in [0.25, 0.3) is 6.08 Å². The number of hydrazone groups is 1. The molecule has 0 atom stereocenters. The number of hydrogen-bond acceptors (Lipinski definition) is 3. The van der Waals surface area contributed by atoms with Gasteiger partial charge in [0.25, 0.3) is 5.91 Å². The molecule has 0 bridgehead atoms. The molecule has 0 saturated heterocycles. The fourth-order valence-electron chi connectivity index (χ4n) is 1.98. The summed E-state index contributed by atoms with van der Waals surface area (Å²) in [6.45, 7) is 1.77. The van der Waals surface area contributed by atoms with Gasteiger partial charge in [-0.05, 0) is 42.6 Å². The van der Waals surface area contributed by atoms with E-state index in [9.17, 15) is 9.18 Å². The van der Waals surface area contributed by atoms with E-state index in [0.717, 1.165) is 4.88 Å². The van der Waals surface area contributed by atoms with Gasteiger partial charge in [0.2, 0.25) is 0 Å². The summed E-state index contributed by atoms with van der Waals surface area (Å²) in [5.41, 5.74) is 1.60. The standard InChI is InChI=1S/C15H11FN2OS/c1-10-14(9-13-6-3-7-20-13)15(19)18(17-10)12-5-2-4-11(16)8-12/h2-9H,1H3/b14-9+. The first-order valence-electron chi connectivity index (χ1n) is 6.06. The Bertz CT molecular complexity index is 719. The van der Waals surface area contributed by atoms with Gasteiger partial charge in [-0.1, -0.05) is 12.1 Å². The number of benzene rings is 1. The molecule has 3 nitrogen and oxygen atoms in total. The van der Waals surface area contributed by atoms with Crippen LogP contribution in [0.4, 0.5) is 10.1 Å². The Labute approximate surface area is 119 Å². The highest BCUT2D eigenvalue weighted by molar-refractivity contribution is 7.10. The minimum absolute atomic E-state index is 0.235. The molecule has 0 N–H and O–H groups in total. The monoisotopic (exact) mass is 286 g/mol. The van der Waals surface area contributed by atoms with E-state index in [0.29, 0.717) is 17.0 Å². The largest absolute Gasteiger partial charge is 0.280 e. The molecule has 1 amide bonds. The number of anilines is 1. The van der Waals surface area contributed by atoms with Crippen LogP contribution in [0.15, 0.2) is 52.5 Å². The third-order valence-corrected chi connectivity index (χ3v) is 3.76. The van der Waals surface area contributed by atoms with Gasteiger partial charge in [0.05, 0.1) is 17.0 Å². The van der Waals surface area contributed by atoms with Crippen LogP contribution in [0, 0.1) is 5.82 Å². The van der Waals surface area contributed by atoms with E-state index in [1.165, 1.54) is 17.1 Å². The van der Waals surface area contributed by atoms with Crippen LogP contribution in [0.1, 0.15) is 11.8 Å². The van der Waals surface area contributed by atoms with E-state index in [1.807, 2.05) is 23.6 Å². The van der Waals surface area contributed by atoms with E-state index in [-0.39, 0.29) is 11.7 Å². The summed E-state index contributed by atoms with van der Waals surface area (Å²) < 4.78 is 13.2. The molecule has 2 heterocycles. The van der Waals surface area contributed by atoms with Gasteiger partial charge in [0, 0.05) is 4.88 Å². The minimum Gasteiger partial charge on any atom is -0.267 e. The Kier molecular flexibility index (Phi) is 3.20. The summed E-state index contributed by atoms with van der Waals surface area (Å²) in [4.78, 5) is 13.4. The van der Waals surface area contributed by atoms with E-state index < -0.39 is 0 Å². The molecule has 1 aromatic heterocycles. The van der Waals surface area contributed by atoms with Crippen LogP contribution in [0.5, 0.6) is 0 Å². The summed E-state index contributed by atoms with van der Waals surface area (Å²) >= 11 is 1.55. The number of halogens is 1. The average molecular weight is 286 g/mol. The fraction of sp³-hybridized carbons (Fsp3) is 0.0667. The molecule has 1 aliphatic heterocycles. The lowest BCUT2D eigenvalue weighted by Gasteiger charge is -2.11. The van der Waals surface area contributed by atoms with Crippen molar-refractivity contribution < 1.29 is 9.18 Å². The number of carbonyl (C=O) groups excluding carboxylic acids is 1. The van der Waals surface area contributed by atoms with Crippen molar-refractivity contribution in [1.82, 2.24) is 0 Å². The van der Waals surface area contributed by atoms with Gasteiger partial charge in [-0.15, -0.1) is 11.3 Å². The van der Waals surface area contributed by atoms with Crippen molar-refractivity contribution in [3.05, 3.63) is 58.0 Å². The Morgan fingerprint density at radius 1 is 1.30 bits per heavy atom.